The lowest BCUT2D eigenvalue weighted by Gasteiger charge is -2.11. The molecule has 0 aliphatic heterocycles. The van der Waals surface area contributed by atoms with Gasteiger partial charge in [0.25, 0.3) is 5.92 Å². The molecule has 1 aromatic carbocycles. The number of halogens is 2. The molecule has 0 amide bonds. The first-order valence-corrected chi connectivity index (χ1v) is 5.64. The maximum Gasteiger partial charge on any atom is 0.286 e. The van der Waals surface area contributed by atoms with E-state index in [1.165, 1.54) is 13.1 Å². The minimum Gasteiger partial charge on any atom is -0.287 e. The monoisotopic (exact) mass is 249 g/mol. The molecule has 0 atom stereocenters. The Morgan fingerprint density at radius 2 is 1.83 bits per heavy atom. The zero-order valence-electron chi connectivity index (χ0n) is 10.9. The molecule has 18 heavy (non-hydrogen) atoms. The fraction of sp³-hybridized carbons (Fsp3) is 0.267. The van der Waals surface area contributed by atoms with Gasteiger partial charge in [-0.1, -0.05) is 42.5 Å². The topological polar surface area (TPSA) is 12.4 Å². The molecule has 0 heterocycles. The molecule has 0 aliphatic rings. The second-order valence-electron chi connectivity index (χ2n) is 4.17. The van der Waals surface area contributed by atoms with E-state index >= 15 is 0 Å². The third-order valence-corrected chi connectivity index (χ3v) is 2.59. The zero-order valence-corrected chi connectivity index (χ0v) is 10.9. The molecule has 1 aromatic rings. The highest BCUT2D eigenvalue weighted by Crippen LogP contribution is 2.21. The summed E-state index contributed by atoms with van der Waals surface area (Å²) < 4.78 is 26.5. The predicted octanol–water partition coefficient (Wildman–Crippen LogP) is 4.29. The van der Waals surface area contributed by atoms with E-state index < -0.39 is 5.92 Å². The fourth-order valence-corrected chi connectivity index (χ4v) is 1.54. The number of allylic oxidation sites excluding steroid dienone is 3. The van der Waals surface area contributed by atoms with Gasteiger partial charge in [-0.3, -0.25) is 4.99 Å². The second-order valence-corrected chi connectivity index (χ2v) is 4.17. The molecular formula is C15H17F2N. The average Bonchev–Trinajstić information content (AvgIpc) is 2.30. The summed E-state index contributed by atoms with van der Waals surface area (Å²) in [6.07, 6.45) is 2.93. The molecule has 0 bridgehead atoms. The Balaban J connectivity index is 3.18. The normalized spacial score (nSPS) is 13.6. The Morgan fingerprint density at radius 3 is 2.22 bits per heavy atom. The molecule has 0 saturated heterocycles. The predicted molar refractivity (Wildman–Crippen MR) is 73.3 cm³/mol. The van der Waals surface area contributed by atoms with Crippen LogP contribution in [-0.2, 0) is 0 Å². The third-order valence-electron chi connectivity index (χ3n) is 2.59. The summed E-state index contributed by atoms with van der Waals surface area (Å²) >= 11 is 0. The van der Waals surface area contributed by atoms with Crippen LogP contribution in [0.4, 0.5) is 8.78 Å². The molecule has 0 N–H and O–H groups in total. The summed E-state index contributed by atoms with van der Waals surface area (Å²) in [7, 11) is 1.36. The van der Waals surface area contributed by atoms with E-state index in [0.29, 0.717) is 5.57 Å². The Kier molecular flexibility index (Phi) is 4.54. The largest absolute Gasteiger partial charge is 0.287 e. The van der Waals surface area contributed by atoms with Crippen molar-refractivity contribution in [2.45, 2.75) is 19.8 Å². The highest BCUT2D eigenvalue weighted by atomic mass is 19.3. The van der Waals surface area contributed by atoms with E-state index in [9.17, 15) is 8.78 Å². The number of alkyl halides is 2. The first-order valence-electron chi connectivity index (χ1n) is 5.64. The van der Waals surface area contributed by atoms with Crippen molar-refractivity contribution in [3.05, 3.63) is 54.1 Å². The number of rotatable bonds is 4. The summed E-state index contributed by atoms with van der Waals surface area (Å²) in [5.74, 6) is -2.95. The van der Waals surface area contributed by atoms with Gasteiger partial charge < -0.3 is 0 Å². The van der Waals surface area contributed by atoms with Gasteiger partial charge in [0.1, 0.15) is 5.71 Å². The number of benzene rings is 1. The van der Waals surface area contributed by atoms with Crippen LogP contribution in [0, 0.1) is 6.92 Å². The van der Waals surface area contributed by atoms with Gasteiger partial charge in [0.05, 0.1) is 0 Å². The van der Waals surface area contributed by atoms with Crippen LogP contribution in [0.2, 0.25) is 0 Å². The van der Waals surface area contributed by atoms with Gasteiger partial charge in [-0.05, 0) is 24.1 Å². The molecule has 0 aliphatic carbocycles. The maximum atomic E-state index is 13.3. The van der Waals surface area contributed by atoms with Crippen molar-refractivity contribution in [3.63, 3.8) is 0 Å². The summed E-state index contributed by atoms with van der Waals surface area (Å²) in [5, 5.41) is 0. The molecule has 96 valence electrons. The summed E-state index contributed by atoms with van der Waals surface area (Å²) in [4.78, 5) is 3.63. The lowest BCUT2D eigenvalue weighted by molar-refractivity contribution is 0.102. The zero-order chi connectivity index (χ0) is 13.8. The van der Waals surface area contributed by atoms with Crippen LogP contribution in [-0.4, -0.2) is 18.7 Å². The van der Waals surface area contributed by atoms with Crippen molar-refractivity contribution >= 4 is 11.3 Å². The molecule has 0 unspecified atom stereocenters. The van der Waals surface area contributed by atoms with E-state index in [4.69, 9.17) is 0 Å². The Labute approximate surface area is 107 Å². The highest BCUT2D eigenvalue weighted by Gasteiger charge is 2.27. The van der Waals surface area contributed by atoms with E-state index in [1.54, 1.807) is 6.08 Å². The molecular weight excluding hydrogens is 232 g/mol. The van der Waals surface area contributed by atoms with Gasteiger partial charge in [0.15, 0.2) is 0 Å². The number of hydrogen-bond acceptors (Lipinski definition) is 1. The van der Waals surface area contributed by atoms with E-state index in [-0.39, 0.29) is 5.71 Å². The molecule has 1 rings (SSSR count). The van der Waals surface area contributed by atoms with Crippen LogP contribution in [0.15, 0.2) is 48.0 Å². The van der Waals surface area contributed by atoms with Crippen molar-refractivity contribution in [2.24, 2.45) is 4.99 Å². The molecule has 1 nitrogen and oxygen atoms in total. The lowest BCUT2D eigenvalue weighted by Crippen LogP contribution is -2.22. The Bertz CT molecular complexity index is 476. The second kappa shape index (κ2) is 5.71. The van der Waals surface area contributed by atoms with Crippen LogP contribution in [0.3, 0.4) is 0 Å². The SMILES string of the molecule is C=C/C(=C\C(=NC)C(C)(F)F)c1ccc(C)cc1. The summed E-state index contributed by atoms with van der Waals surface area (Å²) in [6, 6.07) is 7.62. The Hall–Kier alpha value is -1.77. The smallest absolute Gasteiger partial charge is 0.286 e. The first kappa shape index (κ1) is 14.3. The summed E-state index contributed by atoms with van der Waals surface area (Å²) in [5.41, 5.74) is 2.35. The van der Waals surface area contributed by atoms with Crippen LogP contribution < -0.4 is 0 Å². The van der Waals surface area contributed by atoms with Crippen molar-refractivity contribution < 1.29 is 8.78 Å². The number of aryl methyl sites for hydroxylation is 1. The van der Waals surface area contributed by atoms with Gasteiger partial charge in [0, 0.05) is 14.0 Å². The van der Waals surface area contributed by atoms with Crippen molar-refractivity contribution in [2.75, 3.05) is 7.05 Å². The van der Waals surface area contributed by atoms with Gasteiger partial charge >= 0.3 is 0 Å². The van der Waals surface area contributed by atoms with Gasteiger partial charge in [0.2, 0.25) is 0 Å². The van der Waals surface area contributed by atoms with E-state index in [1.807, 2.05) is 31.2 Å². The number of aliphatic imine (C=N–C) groups is 1. The average molecular weight is 249 g/mol. The maximum absolute atomic E-state index is 13.3. The molecule has 0 aromatic heterocycles. The fourth-order valence-electron chi connectivity index (χ4n) is 1.54. The first-order chi connectivity index (χ1) is 8.38. The standard InChI is InChI=1S/C15H17F2N/c1-5-12(10-14(18-4)15(3,16)17)13-8-6-11(2)7-9-13/h5-10H,1H2,2-4H3/b12-10+,18-14?. The minimum absolute atomic E-state index is 0.252. The van der Waals surface area contributed by atoms with Crippen LogP contribution in [0.25, 0.3) is 5.57 Å². The van der Waals surface area contributed by atoms with Crippen LogP contribution in [0.1, 0.15) is 18.1 Å². The van der Waals surface area contributed by atoms with Gasteiger partial charge in [-0.2, -0.15) is 8.78 Å². The van der Waals surface area contributed by atoms with E-state index in [2.05, 4.69) is 11.6 Å². The quantitative estimate of drug-likeness (QED) is 0.557. The van der Waals surface area contributed by atoms with Gasteiger partial charge in [-0.15, -0.1) is 0 Å². The van der Waals surface area contributed by atoms with Crippen LogP contribution in [0.5, 0.6) is 0 Å². The highest BCUT2D eigenvalue weighted by molar-refractivity contribution is 6.06. The lowest BCUT2D eigenvalue weighted by atomic mass is 10.0. The number of nitrogens with zero attached hydrogens (tertiary/aromatic N) is 1. The van der Waals surface area contributed by atoms with E-state index in [0.717, 1.165) is 18.1 Å². The molecule has 0 fully saturated rings. The van der Waals surface area contributed by atoms with Crippen molar-refractivity contribution in [1.29, 1.82) is 0 Å². The van der Waals surface area contributed by atoms with Crippen molar-refractivity contribution in [1.82, 2.24) is 0 Å². The summed E-state index contributed by atoms with van der Waals surface area (Å²) in [6.45, 7) is 6.47. The van der Waals surface area contributed by atoms with Gasteiger partial charge in [-0.25, -0.2) is 0 Å². The Morgan fingerprint density at radius 1 is 1.28 bits per heavy atom. The van der Waals surface area contributed by atoms with Crippen LogP contribution >= 0.6 is 0 Å². The molecule has 0 saturated carbocycles. The van der Waals surface area contributed by atoms with Crippen molar-refractivity contribution in [3.8, 4) is 0 Å². The third kappa shape index (κ3) is 3.62. The number of hydrogen-bond donors (Lipinski definition) is 0. The molecule has 0 radical (unpaired) electrons. The molecule has 0 spiro atoms. The molecule has 3 heteroatoms. The minimum atomic E-state index is -2.95.